The van der Waals surface area contributed by atoms with E-state index in [0.717, 1.165) is 0 Å². The van der Waals surface area contributed by atoms with Gasteiger partial charge in [0.1, 0.15) is 11.3 Å². The lowest BCUT2D eigenvalue weighted by Crippen LogP contribution is -2.21. The lowest BCUT2D eigenvalue weighted by molar-refractivity contribution is -0.119. The Morgan fingerprint density at radius 2 is 2.08 bits per heavy atom. The fourth-order valence-electron chi connectivity index (χ4n) is 1.97. The van der Waals surface area contributed by atoms with Gasteiger partial charge in [-0.05, 0) is 36.4 Å². The zero-order chi connectivity index (χ0) is 17.1. The Bertz CT molecular complexity index is 925. The summed E-state index contributed by atoms with van der Waals surface area (Å²) in [5, 5.41) is 2.33. The number of oxazole rings is 1. The largest absolute Gasteiger partial charge is 0.452 e. The number of hydrogen-bond acceptors (Lipinski definition) is 5. The first-order valence-electron chi connectivity index (χ1n) is 6.78. The Hall–Kier alpha value is -2.74. The van der Waals surface area contributed by atoms with Crippen LogP contribution in [0.15, 0.2) is 51.7 Å². The molecule has 0 saturated heterocycles. The SMILES string of the molecule is O=C(COC(=O)c1ccc2ncoc2c1)Nc1ccc(Br)cc1F. The fraction of sp³-hybridized carbons (Fsp3) is 0.0625. The number of halogens is 2. The molecule has 2 aromatic carbocycles. The van der Waals surface area contributed by atoms with Crippen molar-refractivity contribution in [1.29, 1.82) is 0 Å². The van der Waals surface area contributed by atoms with Crippen LogP contribution in [-0.4, -0.2) is 23.5 Å². The van der Waals surface area contributed by atoms with Crippen molar-refractivity contribution in [3.05, 3.63) is 58.6 Å². The van der Waals surface area contributed by atoms with E-state index in [2.05, 4.69) is 26.2 Å². The molecule has 8 heteroatoms. The Kier molecular flexibility index (Phi) is 4.57. The van der Waals surface area contributed by atoms with Gasteiger partial charge in [0.25, 0.3) is 5.91 Å². The Balaban J connectivity index is 1.60. The minimum Gasteiger partial charge on any atom is -0.452 e. The summed E-state index contributed by atoms with van der Waals surface area (Å²) in [4.78, 5) is 27.6. The predicted octanol–water partition coefficient (Wildman–Crippen LogP) is 3.52. The molecule has 1 N–H and O–H groups in total. The summed E-state index contributed by atoms with van der Waals surface area (Å²) < 4.78 is 24.2. The molecule has 0 aliphatic carbocycles. The molecule has 3 rings (SSSR count). The minimum atomic E-state index is -0.695. The average Bonchev–Trinajstić information content (AvgIpc) is 3.03. The summed E-state index contributed by atoms with van der Waals surface area (Å²) in [6.07, 6.45) is 1.26. The van der Waals surface area contributed by atoms with E-state index in [9.17, 15) is 14.0 Å². The number of esters is 1. The quantitative estimate of drug-likeness (QED) is 0.686. The number of fused-ring (bicyclic) bond motifs is 1. The van der Waals surface area contributed by atoms with Crippen LogP contribution in [0, 0.1) is 5.82 Å². The van der Waals surface area contributed by atoms with E-state index in [0.29, 0.717) is 15.6 Å². The first-order valence-corrected chi connectivity index (χ1v) is 7.57. The molecule has 3 aromatic rings. The first kappa shape index (κ1) is 16.1. The number of nitrogens with zero attached hydrogens (tertiary/aromatic N) is 1. The molecule has 1 amide bonds. The predicted molar refractivity (Wildman–Crippen MR) is 87.0 cm³/mol. The lowest BCUT2D eigenvalue weighted by Gasteiger charge is -2.07. The number of rotatable bonds is 4. The van der Waals surface area contributed by atoms with Gasteiger partial charge in [-0.2, -0.15) is 0 Å². The van der Waals surface area contributed by atoms with Crippen molar-refractivity contribution in [2.24, 2.45) is 0 Å². The van der Waals surface area contributed by atoms with Crippen LogP contribution in [0.5, 0.6) is 0 Å². The third-order valence-corrected chi connectivity index (χ3v) is 3.60. The highest BCUT2D eigenvalue weighted by Crippen LogP contribution is 2.19. The van der Waals surface area contributed by atoms with Gasteiger partial charge in [-0.1, -0.05) is 15.9 Å². The number of benzene rings is 2. The van der Waals surface area contributed by atoms with E-state index >= 15 is 0 Å². The minimum absolute atomic E-state index is 0.00216. The summed E-state index contributed by atoms with van der Waals surface area (Å²) in [6, 6.07) is 8.78. The number of ether oxygens (including phenoxy) is 1. The van der Waals surface area contributed by atoms with Crippen molar-refractivity contribution in [3.8, 4) is 0 Å². The van der Waals surface area contributed by atoms with Gasteiger partial charge in [-0.15, -0.1) is 0 Å². The number of carbonyl (C=O) groups is 2. The molecule has 0 unspecified atom stereocenters. The van der Waals surface area contributed by atoms with Gasteiger partial charge in [-0.3, -0.25) is 4.79 Å². The van der Waals surface area contributed by atoms with Crippen LogP contribution in [-0.2, 0) is 9.53 Å². The molecule has 0 bridgehead atoms. The van der Waals surface area contributed by atoms with E-state index in [1.807, 2.05) is 0 Å². The summed E-state index contributed by atoms with van der Waals surface area (Å²) in [5.74, 6) is -1.94. The zero-order valence-corrected chi connectivity index (χ0v) is 13.7. The number of anilines is 1. The molecule has 0 radical (unpaired) electrons. The molecule has 6 nitrogen and oxygen atoms in total. The van der Waals surface area contributed by atoms with Crippen molar-refractivity contribution in [2.45, 2.75) is 0 Å². The lowest BCUT2D eigenvalue weighted by atomic mass is 10.2. The Morgan fingerprint density at radius 3 is 2.88 bits per heavy atom. The topological polar surface area (TPSA) is 81.4 Å². The van der Waals surface area contributed by atoms with Crippen molar-refractivity contribution < 1.29 is 23.1 Å². The van der Waals surface area contributed by atoms with Crippen molar-refractivity contribution in [2.75, 3.05) is 11.9 Å². The average molecular weight is 393 g/mol. The highest BCUT2D eigenvalue weighted by Gasteiger charge is 2.13. The maximum Gasteiger partial charge on any atom is 0.338 e. The maximum atomic E-state index is 13.6. The van der Waals surface area contributed by atoms with E-state index in [-0.39, 0.29) is 11.3 Å². The number of nitrogens with one attached hydrogen (secondary N) is 1. The smallest absolute Gasteiger partial charge is 0.338 e. The van der Waals surface area contributed by atoms with Gasteiger partial charge in [0.05, 0.1) is 11.3 Å². The molecule has 0 spiro atoms. The zero-order valence-electron chi connectivity index (χ0n) is 12.1. The molecule has 0 aliphatic rings. The molecule has 0 atom stereocenters. The summed E-state index contributed by atoms with van der Waals surface area (Å²) >= 11 is 3.12. The van der Waals surface area contributed by atoms with E-state index in [4.69, 9.17) is 9.15 Å². The Labute approximate surface area is 143 Å². The first-order chi connectivity index (χ1) is 11.5. The summed E-state index contributed by atoms with van der Waals surface area (Å²) in [6.45, 7) is -0.539. The number of aromatic nitrogens is 1. The van der Waals surface area contributed by atoms with E-state index in [1.165, 1.54) is 30.7 Å². The third-order valence-electron chi connectivity index (χ3n) is 3.11. The van der Waals surface area contributed by atoms with Gasteiger partial charge in [0.15, 0.2) is 18.6 Å². The second-order valence-electron chi connectivity index (χ2n) is 4.78. The Morgan fingerprint density at radius 1 is 1.25 bits per heavy atom. The molecule has 0 fully saturated rings. The molecule has 1 aromatic heterocycles. The summed E-state index contributed by atoms with van der Waals surface area (Å²) in [7, 11) is 0. The van der Waals surface area contributed by atoms with Crippen molar-refractivity contribution in [1.82, 2.24) is 4.98 Å². The van der Waals surface area contributed by atoms with Gasteiger partial charge in [0, 0.05) is 4.47 Å². The standard InChI is InChI=1S/C16H10BrFN2O4/c17-10-2-4-12(11(18)6-10)20-15(21)7-23-16(22)9-1-3-13-14(5-9)24-8-19-13/h1-6,8H,7H2,(H,20,21). The van der Waals surface area contributed by atoms with Gasteiger partial charge < -0.3 is 14.5 Å². The fourth-order valence-corrected chi connectivity index (χ4v) is 2.31. The maximum absolute atomic E-state index is 13.6. The molecule has 1 heterocycles. The van der Waals surface area contributed by atoms with Crippen molar-refractivity contribution in [3.63, 3.8) is 0 Å². The second kappa shape index (κ2) is 6.79. The number of hydrogen-bond donors (Lipinski definition) is 1. The van der Waals surface area contributed by atoms with E-state index in [1.54, 1.807) is 12.1 Å². The van der Waals surface area contributed by atoms with Crippen molar-refractivity contribution >= 4 is 44.6 Å². The van der Waals surface area contributed by atoms with Crippen LogP contribution in [0.4, 0.5) is 10.1 Å². The molecular formula is C16H10BrFN2O4. The summed E-state index contributed by atoms with van der Waals surface area (Å²) in [5.41, 5.74) is 1.27. The van der Waals surface area contributed by atoms with Crippen LogP contribution in [0.2, 0.25) is 0 Å². The van der Waals surface area contributed by atoms with Crippen LogP contribution >= 0.6 is 15.9 Å². The molecule has 24 heavy (non-hydrogen) atoms. The van der Waals surface area contributed by atoms with Crippen LogP contribution in [0.1, 0.15) is 10.4 Å². The molecule has 0 saturated carbocycles. The van der Waals surface area contributed by atoms with E-state index < -0.39 is 24.3 Å². The normalized spacial score (nSPS) is 10.6. The highest BCUT2D eigenvalue weighted by atomic mass is 79.9. The van der Waals surface area contributed by atoms with Crippen LogP contribution in [0.3, 0.4) is 0 Å². The number of amides is 1. The van der Waals surface area contributed by atoms with Gasteiger partial charge >= 0.3 is 5.97 Å². The van der Waals surface area contributed by atoms with Gasteiger partial charge in [0.2, 0.25) is 0 Å². The molecule has 0 aliphatic heterocycles. The van der Waals surface area contributed by atoms with Gasteiger partial charge in [-0.25, -0.2) is 14.2 Å². The highest BCUT2D eigenvalue weighted by molar-refractivity contribution is 9.10. The second-order valence-corrected chi connectivity index (χ2v) is 5.70. The number of carbonyl (C=O) groups excluding carboxylic acids is 2. The monoisotopic (exact) mass is 392 g/mol. The van der Waals surface area contributed by atoms with Crippen LogP contribution < -0.4 is 5.32 Å². The van der Waals surface area contributed by atoms with Crippen LogP contribution in [0.25, 0.3) is 11.1 Å². The molecular weight excluding hydrogens is 383 g/mol. The third kappa shape index (κ3) is 3.60. The molecule has 122 valence electrons.